The van der Waals surface area contributed by atoms with Gasteiger partial charge in [0.25, 0.3) is 0 Å². The number of benzene rings is 1. The first kappa shape index (κ1) is 12.0. The van der Waals surface area contributed by atoms with Gasteiger partial charge in [-0.3, -0.25) is 4.79 Å². The van der Waals surface area contributed by atoms with E-state index in [1.807, 2.05) is 0 Å². The van der Waals surface area contributed by atoms with Gasteiger partial charge < -0.3 is 9.47 Å². The summed E-state index contributed by atoms with van der Waals surface area (Å²) in [5.74, 6) is -0.791. The Morgan fingerprint density at radius 1 is 1.31 bits per heavy atom. The van der Waals surface area contributed by atoms with Gasteiger partial charge in [0.05, 0.1) is 25.4 Å². The number of ether oxygens (including phenoxy) is 2. The molecule has 4 heteroatoms. The summed E-state index contributed by atoms with van der Waals surface area (Å²) in [5, 5.41) is 0. The van der Waals surface area contributed by atoms with Crippen LogP contribution in [0, 0.1) is 0 Å². The standard InChI is InChI=1S/C12H12O4/c1-3-16-12(14)10-6-4-9(5-7-10)8-11(13)15-2/h3-7H,1,8H2,2H3. The molecule has 84 valence electrons. The molecule has 4 nitrogen and oxygen atoms in total. The van der Waals surface area contributed by atoms with Crippen LogP contribution < -0.4 is 0 Å². The van der Waals surface area contributed by atoms with Crippen LogP contribution >= 0.6 is 0 Å². The summed E-state index contributed by atoms with van der Waals surface area (Å²) in [7, 11) is 1.33. The lowest BCUT2D eigenvalue weighted by Crippen LogP contribution is -2.05. The lowest BCUT2D eigenvalue weighted by molar-refractivity contribution is -0.139. The van der Waals surface area contributed by atoms with Gasteiger partial charge >= 0.3 is 11.9 Å². The first-order valence-corrected chi connectivity index (χ1v) is 4.65. The normalized spacial score (nSPS) is 9.31. The van der Waals surface area contributed by atoms with E-state index in [1.54, 1.807) is 24.3 Å². The van der Waals surface area contributed by atoms with Crippen molar-refractivity contribution in [2.45, 2.75) is 6.42 Å². The average Bonchev–Trinajstić information content (AvgIpc) is 2.30. The van der Waals surface area contributed by atoms with E-state index in [-0.39, 0.29) is 12.4 Å². The van der Waals surface area contributed by atoms with E-state index in [4.69, 9.17) is 0 Å². The molecule has 1 aromatic rings. The Morgan fingerprint density at radius 3 is 2.44 bits per heavy atom. The molecule has 0 bridgehead atoms. The fraction of sp³-hybridized carbons (Fsp3) is 0.167. The zero-order chi connectivity index (χ0) is 12.0. The molecule has 0 unspecified atom stereocenters. The van der Waals surface area contributed by atoms with Crippen molar-refractivity contribution in [2.75, 3.05) is 7.11 Å². The topological polar surface area (TPSA) is 52.6 Å². The Labute approximate surface area is 93.5 Å². The summed E-state index contributed by atoms with van der Waals surface area (Å²) in [4.78, 5) is 22.2. The maximum absolute atomic E-state index is 11.2. The summed E-state index contributed by atoms with van der Waals surface area (Å²) in [6.07, 6.45) is 1.26. The molecule has 0 heterocycles. The SMILES string of the molecule is C=COC(=O)c1ccc(CC(=O)OC)cc1. The van der Waals surface area contributed by atoms with Crippen molar-refractivity contribution in [1.82, 2.24) is 0 Å². The van der Waals surface area contributed by atoms with Crippen LogP contribution in [-0.2, 0) is 20.7 Å². The van der Waals surface area contributed by atoms with Gasteiger partial charge in [0.2, 0.25) is 0 Å². The third-order valence-electron chi connectivity index (χ3n) is 1.96. The van der Waals surface area contributed by atoms with Gasteiger partial charge in [0, 0.05) is 0 Å². The number of carbonyl (C=O) groups excluding carboxylic acids is 2. The molecule has 0 spiro atoms. The van der Waals surface area contributed by atoms with Gasteiger partial charge in [-0.2, -0.15) is 0 Å². The second kappa shape index (κ2) is 5.70. The third-order valence-corrected chi connectivity index (χ3v) is 1.96. The molecule has 1 aromatic carbocycles. The highest BCUT2D eigenvalue weighted by molar-refractivity contribution is 5.89. The highest BCUT2D eigenvalue weighted by Crippen LogP contribution is 2.07. The van der Waals surface area contributed by atoms with Gasteiger partial charge in [0.1, 0.15) is 0 Å². The summed E-state index contributed by atoms with van der Waals surface area (Å²) < 4.78 is 9.13. The van der Waals surface area contributed by atoms with Gasteiger partial charge in [-0.05, 0) is 17.7 Å². The molecule has 0 aromatic heterocycles. The number of hydrogen-bond acceptors (Lipinski definition) is 4. The van der Waals surface area contributed by atoms with Crippen LogP contribution in [0.25, 0.3) is 0 Å². The van der Waals surface area contributed by atoms with E-state index >= 15 is 0 Å². The van der Waals surface area contributed by atoms with Crippen LogP contribution in [0.1, 0.15) is 15.9 Å². The predicted molar refractivity (Wildman–Crippen MR) is 57.8 cm³/mol. The molecule has 0 amide bonds. The van der Waals surface area contributed by atoms with Crippen molar-refractivity contribution < 1.29 is 19.1 Å². The molecular weight excluding hydrogens is 208 g/mol. The van der Waals surface area contributed by atoms with Gasteiger partial charge in [-0.1, -0.05) is 18.7 Å². The lowest BCUT2D eigenvalue weighted by Gasteiger charge is -2.02. The van der Waals surface area contributed by atoms with Gasteiger partial charge in [-0.25, -0.2) is 4.79 Å². The predicted octanol–water partition coefficient (Wildman–Crippen LogP) is 1.70. The fourth-order valence-electron chi connectivity index (χ4n) is 1.14. The number of carbonyl (C=O) groups is 2. The summed E-state index contributed by atoms with van der Waals surface area (Å²) in [6, 6.07) is 6.53. The van der Waals surface area contributed by atoms with E-state index in [0.717, 1.165) is 11.8 Å². The average molecular weight is 220 g/mol. The molecule has 0 fully saturated rings. The Kier molecular flexibility index (Phi) is 4.27. The highest BCUT2D eigenvalue weighted by Gasteiger charge is 2.07. The molecule has 0 saturated heterocycles. The quantitative estimate of drug-likeness (QED) is 0.572. The van der Waals surface area contributed by atoms with Crippen LogP contribution in [-0.4, -0.2) is 19.0 Å². The van der Waals surface area contributed by atoms with E-state index in [0.29, 0.717) is 5.56 Å². The van der Waals surface area contributed by atoms with Crippen molar-refractivity contribution in [1.29, 1.82) is 0 Å². The summed E-state index contributed by atoms with van der Waals surface area (Å²) >= 11 is 0. The van der Waals surface area contributed by atoms with E-state index in [9.17, 15) is 9.59 Å². The first-order valence-electron chi connectivity index (χ1n) is 4.65. The lowest BCUT2D eigenvalue weighted by atomic mass is 10.1. The molecule has 0 aliphatic heterocycles. The molecule has 0 atom stereocenters. The minimum atomic E-state index is -0.473. The molecule has 0 aliphatic carbocycles. The van der Waals surface area contributed by atoms with Crippen LogP contribution in [0.5, 0.6) is 0 Å². The van der Waals surface area contributed by atoms with Crippen molar-refractivity contribution in [3.63, 3.8) is 0 Å². The van der Waals surface area contributed by atoms with Gasteiger partial charge in [-0.15, -0.1) is 0 Å². The number of hydrogen-bond donors (Lipinski definition) is 0. The Bertz CT molecular complexity index is 392. The highest BCUT2D eigenvalue weighted by atomic mass is 16.5. The van der Waals surface area contributed by atoms with E-state index < -0.39 is 5.97 Å². The minimum absolute atomic E-state index is 0.188. The van der Waals surface area contributed by atoms with Crippen molar-refractivity contribution in [3.05, 3.63) is 48.2 Å². The number of rotatable bonds is 4. The van der Waals surface area contributed by atoms with E-state index in [1.165, 1.54) is 7.11 Å². The summed E-state index contributed by atoms with van der Waals surface area (Å²) in [6.45, 7) is 3.29. The van der Waals surface area contributed by atoms with Crippen molar-refractivity contribution in [2.24, 2.45) is 0 Å². The first-order chi connectivity index (χ1) is 7.67. The third kappa shape index (κ3) is 3.24. The van der Waals surface area contributed by atoms with E-state index in [2.05, 4.69) is 16.1 Å². The maximum atomic E-state index is 11.2. The monoisotopic (exact) mass is 220 g/mol. The summed E-state index contributed by atoms with van der Waals surface area (Å²) in [5.41, 5.74) is 1.19. The second-order valence-electron chi connectivity index (χ2n) is 3.02. The fourth-order valence-corrected chi connectivity index (χ4v) is 1.14. The van der Waals surface area contributed by atoms with Crippen LogP contribution in [0.4, 0.5) is 0 Å². The van der Waals surface area contributed by atoms with Crippen LogP contribution in [0.2, 0.25) is 0 Å². The Morgan fingerprint density at radius 2 is 1.94 bits per heavy atom. The second-order valence-corrected chi connectivity index (χ2v) is 3.02. The molecule has 0 aliphatic rings. The maximum Gasteiger partial charge on any atom is 0.342 e. The molecule has 0 N–H and O–H groups in total. The van der Waals surface area contributed by atoms with Crippen LogP contribution in [0.15, 0.2) is 37.1 Å². The zero-order valence-corrected chi connectivity index (χ0v) is 8.93. The molecule has 0 saturated carbocycles. The molecule has 16 heavy (non-hydrogen) atoms. The zero-order valence-electron chi connectivity index (χ0n) is 8.93. The molecule has 0 radical (unpaired) electrons. The number of methoxy groups -OCH3 is 1. The van der Waals surface area contributed by atoms with Crippen molar-refractivity contribution in [3.8, 4) is 0 Å². The minimum Gasteiger partial charge on any atom is -0.469 e. The van der Waals surface area contributed by atoms with Gasteiger partial charge in [0.15, 0.2) is 0 Å². The smallest absolute Gasteiger partial charge is 0.342 e. The largest absolute Gasteiger partial charge is 0.469 e. The Balaban J connectivity index is 2.71. The number of esters is 2. The molecular formula is C12H12O4. The van der Waals surface area contributed by atoms with Crippen LogP contribution in [0.3, 0.4) is 0 Å². The molecule has 1 rings (SSSR count). The Hall–Kier alpha value is -2.10. The van der Waals surface area contributed by atoms with Crippen molar-refractivity contribution >= 4 is 11.9 Å².